The number of nitrogens with one attached hydrogen (secondary N) is 3. The van der Waals surface area contributed by atoms with Crippen molar-refractivity contribution in [3.8, 4) is 12.3 Å². The molecule has 0 saturated carbocycles. The molecule has 1 aromatic carbocycles. The number of aliphatic hydroxyl groups is 4. The van der Waals surface area contributed by atoms with Gasteiger partial charge in [-0.1, -0.05) is 24.8 Å². The summed E-state index contributed by atoms with van der Waals surface area (Å²) in [5.41, 5.74) is 1.63. The average molecular weight is 620 g/mol. The third-order valence-electron chi connectivity index (χ3n) is 7.30. The largest absolute Gasteiger partial charge is 0.477 e. The molecule has 0 bridgehead atoms. The Morgan fingerprint density at radius 2 is 1.89 bits per heavy atom. The SMILES string of the molecule is C#CCOCCCCCCO[C@]1(C(=O)O)C[C@H](O)[C@@H](NC(=O)CO)[C@H]([C@H](O)[C@H](O)CNC(=O)Cc2ccc3[nH]ccc3c2)O1. The molecule has 1 saturated heterocycles. The minimum absolute atomic E-state index is 0.00828. The number of fused-ring (bicyclic) bond motifs is 1. The van der Waals surface area contributed by atoms with E-state index in [0.29, 0.717) is 19.4 Å². The van der Waals surface area contributed by atoms with Gasteiger partial charge in [-0.25, -0.2) is 4.79 Å². The van der Waals surface area contributed by atoms with Crippen molar-refractivity contribution in [2.45, 2.75) is 74.8 Å². The van der Waals surface area contributed by atoms with Crippen LogP contribution in [-0.2, 0) is 35.0 Å². The van der Waals surface area contributed by atoms with Crippen LogP contribution in [0.1, 0.15) is 37.7 Å². The van der Waals surface area contributed by atoms with Crippen molar-refractivity contribution >= 4 is 28.7 Å². The molecule has 2 amide bonds. The summed E-state index contributed by atoms with van der Waals surface area (Å²) < 4.78 is 16.5. The second kappa shape index (κ2) is 17.1. The van der Waals surface area contributed by atoms with Gasteiger partial charge in [-0.15, -0.1) is 6.42 Å². The maximum atomic E-state index is 12.6. The highest BCUT2D eigenvalue weighted by atomic mass is 16.7. The molecular formula is C30H41N3O11. The Morgan fingerprint density at radius 3 is 2.59 bits per heavy atom. The van der Waals surface area contributed by atoms with Gasteiger partial charge in [-0.2, -0.15) is 0 Å². The van der Waals surface area contributed by atoms with E-state index in [1.54, 1.807) is 12.3 Å². The number of unbranched alkanes of at least 4 members (excludes halogenated alkanes) is 3. The molecule has 1 aliphatic heterocycles. The van der Waals surface area contributed by atoms with Gasteiger partial charge < -0.3 is 55.4 Å². The van der Waals surface area contributed by atoms with E-state index in [0.717, 1.165) is 29.3 Å². The Bertz CT molecular complexity index is 1280. The first-order valence-corrected chi connectivity index (χ1v) is 14.4. The zero-order chi connectivity index (χ0) is 32.1. The fourth-order valence-corrected chi connectivity index (χ4v) is 4.99. The summed E-state index contributed by atoms with van der Waals surface area (Å²) in [5.74, 6) is -2.98. The predicted molar refractivity (Wildman–Crippen MR) is 156 cm³/mol. The molecule has 0 unspecified atom stereocenters. The molecule has 6 atom stereocenters. The lowest BCUT2D eigenvalue weighted by molar-refractivity contribution is -0.310. The molecule has 0 spiro atoms. The summed E-state index contributed by atoms with van der Waals surface area (Å²) in [6.07, 6.45) is 2.05. The summed E-state index contributed by atoms with van der Waals surface area (Å²) >= 11 is 0. The number of aromatic amines is 1. The molecule has 242 valence electrons. The van der Waals surface area contributed by atoms with Crippen LogP contribution in [0.4, 0.5) is 0 Å². The minimum Gasteiger partial charge on any atom is -0.477 e. The number of aliphatic carboxylic acids is 1. The maximum Gasteiger partial charge on any atom is 0.364 e. The molecule has 0 radical (unpaired) electrons. The minimum atomic E-state index is -2.40. The van der Waals surface area contributed by atoms with E-state index in [1.165, 1.54) is 0 Å². The Labute approximate surface area is 254 Å². The van der Waals surface area contributed by atoms with Crippen LogP contribution in [0.2, 0.25) is 0 Å². The lowest BCUT2D eigenvalue weighted by Crippen LogP contribution is -2.68. The van der Waals surface area contributed by atoms with E-state index < -0.39 is 73.6 Å². The topological polar surface area (TPSA) is 220 Å². The number of hydrogen-bond acceptors (Lipinski definition) is 10. The highest BCUT2D eigenvalue weighted by Crippen LogP contribution is 2.34. The van der Waals surface area contributed by atoms with Crippen molar-refractivity contribution in [1.29, 1.82) is 0 Å². The Hall–Kier alpha value is -3.55. The van der Waals surface area contributed by atoms with Crippen molar-refractivity contribution in [1.82, 2.24) is 15.6 Å². The van der Waals surface area contributed by atoms with Gasteiger partial charge in [-0.05, 0) is 42.0 Å². The van der Waals surface area contributed by atoms with Crippen LogP contribution in [0.3, 0.4) is 0 Å². The molecule has 0 aliphatic carbocycles. The molecule has 1 fully saturated rings. The second-order valence-corrected chi connectivity index (χ2v) is 10.6. The van der Waals surface area contributed by atoms with Crippen LogP contribution >= 0.6 is 0 Å². The molecule has 3 rings (SSSR count). The summed E-state index contributed by atoms with van der Waals surface area (Å²) in [5, 5.41) is 57.6. The van der Waals surface area contributed by atoms with Gasteiger partial charge in [0.25, 0.3) is 5.79 Å². The zero-order valence-corrected chi connectivity index (χ0v) is 24.3. The van der Waals surface area contributed by atoms with Crippen LogP contribution in [0.5, 0.6) is 0 Å². The van der Waals surface area contributed by atoms with Crippen molar-refractivity contribution in [3.05, 3.63) is 36.0 Å². The molecule has 14 nitrogen and oxygen atoms in total. The number of carbonyl (C=O) groups excluding carboxylic acids is 2. The molecule has 2 heterocycles. The van der Waals surface area contributed by atoms with E-state index in [2.05, 4.69) is 21.5 Å². The van der Waals surface area contributed by atoms with Gasteiger partial charge in [0.2, 0.25) is 11.8 Å². The number of terminal acetylenes is 1. The molecular weight excluding hydrogens is 578 g/mol. The van der Waals surface area contributed by atoms with Crippen LogP contribution in [0, 0.1) is 12.3 Å². The lowest BCUT2D eigenvalue weighted by Gasteiger charge is -2.46. The first-order valence-electron chi connectivity index (χ1n) is 14.4. The second-order valence-electron chi connectivity index (χ2n) is 10.6. The number of rotatable bonds is 18. The number of carbonyl (C=O) groups is 3. The Kier molecular flexibility index (Phi) is 13.6. The van der Waals surface area contributed by atoms with Gasteiger partial charge in [-0.3, -0.25) is 9.59 Å². The van der Waals surface area contributed by atoms with Crippen LogP contribution < -0.4 is 10.6 Å². The van der Waals surface area contributed by atoms with E-state index >= 15 is 0 Å². The van der Waals surface area contributed by atoms with E-state index in [4.69, 9.17) is 20.6 Å². The normalized spacial score (nSPS) is 23.0. The van der Waals surface area contributed by atoms with Crippen molar-refractivity contribution < 1.29 is 54.1 Å². The maximum absolute atomic E-state index is 12.6. The van der Waals surface area contributed by atoms with E-state index in [9.17, 15) is 39.9 Å². The van der Waals surface area contributed by atoms with Gasteiger partial charge in [0.1, 0.15) is 25.4 Å². The first-order chi connectivity index (χ1) is 21.1. The van der Waals surface area contributed by atoms with Gasteiger partial charge in [0.05, 0.1) is 31.3 Å². The lowest BCUT2D eigenvalue weighted by atomic mass is 9.88. The third kappa shape index (κ3) is 9.73. The number of aliphatic hydroxyl groups excluding tert-OH is 4. The predicted octanol–water partition coefficient (Wildman–Crippen LogP) is -0.817. The number of hydrogen-bond donors (Lipinski definition) is 8. The van der Waals surface area contributed by atoms with Gasteiger partial charge >= 0.3 is 5.97 Å². The molecule has 44 heavy (non-hydrogen) atoms. The Morgan fingerprint density at radius 1 is 1.14 bits per heavy atom. The van der Waals surface area contributed by atoms with Crippen molar-refractivity contribution in [2.75, 3.05) is 33.0 Å². The number of H-pyrrole nitrogens is 1. The summed E-state index contributed by atoms with van der Waals surface area (Å²) in [6.45, 7) is -0.745. The quantitative estimate of drug-likeness (QED) is 0.0761. The molecule has 2 aromatic rings. The van der Waals surface area contributed by atoms with Crippen LogP contribution in [0.25, 0.3) is 10.9 Å². The summed E-state index contributed by atoms with van der Waals surface area (Å²) in [7, 11) is 0. The fourth-order valence-electron chi connectivity index (χ4n) is 4.99. The van der Waals surface area contributed by atoms with Gasteiger partial charge in [0.15, 0.2) is 0 Å². The third-order valence-corrected chi connectivity index (χ3v) is 7.30. The molecule has 8 N–H and O–H groups in total. The highest BCUT2D eigenvalue weighted by molar-refractivity contribution is 5.83. The van der Waals surface area contributed by atoms with E-state index in [1.807, 2.05) is 18.2 Å². The number of ether oxygens (including phenoxy) is 3. The smallest absolute Gasteiger partial charge is 0.364 e. The molecule has 1 aromatic heterocycles. The number of carboxylic acids is 1. The summed E-state index contributed by atoms with van der Waals surface area (Å²) in [6, 6.07) is 5.89. The molecule has 1 aliphatic rings. The number of aromatic nitrogens is 1. The first kappa shape index (κ1) is 34.9. The summed E-state index contributed by atoms with van der Waals surface area (Å²) in [4.78, 5) is 39.9. The monoisotopic (exact) mass is 619 g/mol. The number of amides is 2. The number of benzene rings is 1. The Balaban J connectivity index is 1.62. The highest BCUT2D eigenvalue weighted by Gasteiger charge is 2.55. The molecule has 14 heteroatoms. The standard InChI is InChI=1S/C30H41N3O11/c1-2-11-42-12-5-3-4-6-13-43-30(29(40)41)16-22(35)26(33-25(38)18-34)28(44-30)27(39)23(36)17-32-24(37)15-19-7-8-21-20(14-19)9-10-31-21/h1,7-10,14,22-23,26-28,31,34-36,39H,3-6,11-13,15-18H2,(H,32,37)(H,33,38)(H,40,41)/t22-,23+,26+,27+,28+,30+/m0/s1. The number of carboxylic acid groups (broad SMARTS) is 1. The average Bonchev–Trinajstić information content (AvgIpc) is 3.47. The van der Waals surface area contributed by atoms with Crippen LogP contribution in [-0.4, -0.2) is 118 Å². The van der Waals surface area contributed by atoms with Crippen molar-refractivity contribution in [2.24, 2.45) is 0 Å². The van der Waals surface area contributed by atoms with E-state index in [-0.39, 0.29) is 19.6 Å². The van der Waals surface area contributed by atoms with Crippen LogP contribution in [0.15, 0.2) is 30.5 Å². The zero-order valence-electron chi connectivity index (χ0n) is 24.3. The van der Waals surface area contributed by atoms with Crippen molar-refractivity contribution in [3.63, 3.8) is 0 Å². The van der Waals surface area contributed by atoms with Gasteiger partial charge in [0, 0.05) is 31.3 Å². The fraction of sp³-hybridized carbons (Fsp3) is 0.567.